The number of ether oxygens (including phenoxy) is 2. The van der Waals surface area contributed by atoms with Gasteiger partial charge in [0.25, 0.3) is 5.56 Å². The van der Waals surface area contributed by atoms with Crippen LogP contribution in [0, 0.1) is 6.92 Å². The normalized spacial score (nSPS) is 16.8. The van der Waals surface area contributed by atoms with Gasteiger partial charge in [0.05, 0.1) is 29.7 Å². The molecular formula is C21H23ClN6O4. The lowest BCUT2D eigenvalue weighted by atomic mass is 10.1. The number of benzene rings is 1. The first-order valence-electron chi connectivity index (χ1n) is 10.2. The second-order valence-corrected chi connectivity index (χ2v) is 7.92. The topological polar surface area (TPSA) is 122 Å². The molecule has 168 valence electrons. The molecule has 32 heavy (non-hydrogen) atoms. The molecule has 0 bridgehead atoms. The fourth-order valence-corrected chi connectivity index (χ4v) is 3.87. The molecule has 11 heteroatoms. The van der Waals surface area contributed by atoms with Gasteiger partial charge < -0.3 is 19.8 Å². The predicted molar refractivity (Wildman–Crippen MR) is 121 cm³/mol. The second kappa shape index (κ2) is 8.62. The maximum atomic E-state index is 12.7. The molecule has 0 aliphatic carbocycles. The third kappa shape index (κ3) is 4.05. The number of cyclic esters (lactones) is 1. The largest absolute Gasteiger partial charge is 0.495 e. The molecule has 0 spiro atoms. The number of fused-ring (bicyclic) bond motifs is 1. The van der Waals surface area contributed by atoms with Crippen molar-refractivity contribution < 1.29 is 14.3 Å². The van der Waals surface area contributed by atoms with Crippen LogP contribution in [-0.2, 0) is 4.74 Å². The fraction of sp³-hybridized carbons (Fsp3) is 0.381. The van der Waals surface area contributed by atoms with Crippen molar-refractivity contribution in [1.29, 1.82) is 0 Å². The second-order valence-electron chi connectivity index (χ2n) is 7.51. The molecule has 10 nitrogen and oxygen atoms in total. The minimum atomic E-state index is -0.486. The van der Waals surface area contributed by atoms with E-state index in [2.05, 4.69) is 25.3 Å². The molecule has 1 saturated heterocycles. The van der Waals surface area contributed by atoms with E-state index in [1.54, 1.807) is 25.1 Å². The summed E-state index contributed by atoms with van der Waals surface area (Å²) in [5.41, 5.74) is 0.830. The molecule has 0 saturated carbocycles. The summed E-state index contributed by atoms with van der Waals surface area (Å²) < 4.78 is 10.3. The number of nitrogens with one attached hydrogen (secondary N) is 2. The van der Waals surface area contributed by atoms with E-state index in [-0.39, 0.29) is 23.5 Å². The summed E-state index contributed by atoms with van der Waals surface area (Å²) in [6.07, 6.45) is 0.217. The summed E-state index contributed by atoms with van der Waals surface area (Å²) in [6, 6.07) is 4.60. The zero-order chi connectivity index (χ0) is 23.0. The van der Waals surface area contributed by atoms with Gasteiger partial charge in [-0.3, -0.25) is 4.79 Å². The molecule has 1 aliphatic rings. The number of aromatic nitrogens is 4. The van der Waals surface area contributed by atoms with Crippen LogP contribution in [0.4, 0.5) is 16.7 Å². The number of rotatable bonds is 6. The van der Waals surface area contributed by atoms with E-state index >= 15 is 0 Å². The van der Waals surface area contributed by atoms with Crippen molar-refractivity contribution in [3.05, 3.63) is 45.0 Å². The summed E-state index contributed by atoms with van der Waals surface area (Å²) >= 11 is 6.24. The Hall–Kier alpha value is -3.40. The zero-order valence-corrected chi connectivity index (χ0v) is 18.9. The quantitative estimate of drug-likeness (QED) is 0.574. The van der Waals surface area contributed by atoms with Crippen molar-refractivity contribution in [3.8, 4) is 5.75 Å². The molecule has 1 aliphatic heterocycles. The van der Waals surface area contributed by atoms with Gasteiger partial charge in [-0.05, 0) is 32.4 Å². The Bertz CT molecular complexity index is 1250. The number of pyridine rings is 1. The van der Waals surface area contributed by atoms with Crippen molar-refractivity contribution in [3.63, 3.8) is 0 Å². The van der Waals surface area contributed by atoms with Crippen LogP contribution in [0.25, 0.3) is 10.9 Å². The smallest absolute Gasteiger partial charge is 0.417 e. The van der Waals surface area contributed by atoms with Gasteiger partial charge in [0, 0.05) is 17.0 Å². The zero-order valence-electron chi connectivity index (χ0n) is 18.1. The Morgan fingerprint density at radius 1 is 1.31 bits per heavy atom. The van der Waals surface area contributed by atoms with Crippen molar-refractivity contribution >= 4 is 40.5 Å². The number of anilines is 2. The molecular weight excluding hydrogens is 436 g/mol. The lowest BCUT2D eigenvalue weighted by Crippen LogP contribution is -2.35. The summed E-state index contributed by atoms with van der Waals surface area (Å²) in [7, 11) is 1.51. The number of carbonyl (C=O) groups is 1. The average molecular weight is 459 g/mol. The van der Waals surface area contributed by atoms with Crippen LogP contribution >= 0.6 is 11.6 Å². The lowest BCUT2D eigenvalue weighted by Gasteiger charge is -2.20. The highest BCUT2D eigenvalue weighted by atomic mass is 35.5. The van der Waals surface area contributed by atoms with Gasteiger partial charge in [0.1, 0.15) is 18.2 Å². The number of halogens is 1. The van der Waals surface area contributed by atoms with E-state index in [1.807, 2.05) is 13.8 Å². The number of hydrogen-bond donors (Lipinski definition) is 2. The highest BCUT2D eigenvalue weighted by molar-refractivity contribution is 6.32. The number of nitrogens with zero attached hydrogens (tertiary/aromatic N) is 4. The van der Waals surface area contributed by atoms with Crippen LogP contribution in [0.5, 0.6) is 5.75 Å². The van der Waals surface area contributed by atoms with E-state index in [9.17, 15) is 9.59 Å². The van der Waals surface area contributed by atoms with Gasteiger partial charge >= 0.3 is 6.09 Å². The van der Waals surface area contributed by atoms with E-state index in [0.717, 1.165) is 5.39 Å². The number of amides is 1. The van der Waals surface area contributed by atoms with Crippen molar-refractivity contribution in [2.45, 2.75) is 39.3 Å². The summed E-state index contributed by atoms with van der Waals surface area (Å²) in [4.78, 5) is 42.2. The Kier molecular flexibility index (Phi) is 5.88. The van der Waals surface area contributed by atoms with Gasteiger partial charge in [-0.25, -0.2) is 9.69 Å². The number of aromatic amines is 1. The lowest BCUT2D eigenvalue weighted by molar-refractivity contribution is 0.178. The maximum absolute atomic E-state index is 12.7. The van der Waals surface area contributed by atoms with E-state index in [0.29, 0.717) is 40.7 Å². The number of carbonyl (C=O) groups excluding carboxylic acids is 1. The number of methoxy groups -OCH3 is 1. The number of hydrogen-bond acceptors (Lipinski definition) is 8. The van der Waals surface area contributed by atoms with Crippen LogP contribution in [0.2, 0.25) is 5.02 Å². The number of H-pyrrole nitrogens is 1. The van der Waals surface area contributed by atoms with Crippen molar-refractivity contribution in [2.75, 3.05) is 23.9 Å². The van der Waals surface area contributed by atoms with E-state index in [1.165, 1.54) is 12.0 Å². The molecule has 2 aromatic heterocycles. The van der Waals surface area contributed by atoms with Crippen LogP contribution in [0.3, 0.4) is 0 Å². The molecule has 1 unspecified atom stereocenters. The molecule has 1 amide bonds. The molecule has 3 heterocycles. The first-order chi connectivity index (χ1) is 15.3. The minimum absolute atomic E-state index is 0.139. The third-order valence-electron chi connectivity index (χ3n) is 5.34. The van der Waals surface area contributed by atoms with Crippen LogP contribution < -0.4 is 20.5 Å². The summed E-state index contributed by atoms with van der Waals surface area (Å²) in [6.45, 7) is 5.78. The predicted octanol–water partition coefficient (Wildman–Crippen LogP) is 3.59. The van der Waals surface area contributed by atoms with Gasteiger partial charge in [-0.1, -0.05) is 18.5 Å². The fourth-order valence-electron chi connectivity index (χ4n) is 3.62. The Morgan fingerprint density at radius 3 is 2.81 bits per heavy atom. The molecule has 1 aromatic carbocycles. The maximum Gasteiger partial charge on any atom is 0.417 e. The highest BCUT2D eigenvalue weighted by Gasteiger charge is 2.35. The SMILES string of the molecule is CCC1COC(=O)N1c1nc(C)nc(N[C@H](C)c2cc3cc(Cl)c(OC)cc3[nH]c2=O)n1. The van der Waals surface area contributed by atoms with Crippen LogP contribution in [0.15, 0.2) is 23.0 Å². The van der Waals surface area contributed by atoms with Gasteiger partial charge in [-0.15, -0.1) is 0 Å². The standard InChI is InChI=1S/C21H23ClN6O4/c1-5-13-9-32-21(30)28(13)20-25-11(3)24-19(27-20)23-10(2)14-6-12-7-15(22)17(31-4)8-16(12)26-18(14)29/h6-8,10,13H,5,9H2,1-4H3,(H,26,29)(H,23,24,25,27)/t10-,13?/m1/s1. The Labute approximate surface area is 188 Å². The summed E-state index contributed by atoms with van der Waals surface area (Å²) in [5.74, 6) is 1.38. The molecule has 0 radical (unpaired) electrons. The first-order valence-corrected chi connectivity index (χ1v) is 10.5. The van der Waals surface area contributed by atoms with Crippen LogP contribution in [0.1, 0.15) is 37.7 Å². The van der Waals surface area contributed by atoms with E-state index in [4.69, 9.17) is 21.1 Å². The molecule has 1 fully saturated rings. The van der Waals surface area contributed by atoms with Gasteiger partial charge in [-0.2, -0.15) is 15.0 Å². The van der Waals surface area contributed by atoms with Crippen LogP contribution in [-0.4, -0.2) is 45.8 Å². The van der Waals surface area contributed by atoms with Crippen molar-refractivity contribution in [1.82, 2.24) is 19.9 Å². The average Bonchev–Trinajstić information content (AvgIpc) is 3.13. The summed E-state index contributed by atoms with van der Waals surface area (Å²) in [5, 5.41) is 4.34. The molecule has 2 atom stereocenters. The third-order valence-corrected chi connectivity index (χ3v) is 5.64. The minimum Gasteiger partial charge on any atom is -0.495 e. The molecule has 2 N–H and O–H groups in total. The number of aryl methyl sites for hydroxylation is 1. The Morgan fingerprint density at radius 2 is 2.09 bits per heavy atom. The highest BCUT2D eigenvalue weighted by Crippen LogP contribution is 2.30. The van der Waals surface area contributed by atoms with Gasteiger partial charge in [0.2, 0.25) is 11.9 Å². The van der Waals surface area contributed by atoms with E-state index < -0.39 is 12.1 Å². The first kappa shape index (κ1) is 21.8. The Balaban J connectivity index is 1.65. The molecule has 4 rings (SSSR count). The molecule has 3 aromatic rings. The van der Waals surface area contributed by atoms with Crippen molar-refractivity contribution in [2.24, 2.45) is 0 Å². The van der Waals surface area contributed by atoms with Gasteiger partial charge in [0.15, 0.2) is 0 Å². The monoisotopic (exact) mass is 458 g/mol.